The quantitative estimate of drug-likeness (QED) is 0.729. The molecule has 0 aromatic rings. The second-order valence-corrected chi connectivity index (χ2v) is 7.72. The zero-order chi connectivity index (χ0) is 14.3. The number of ketones is 1. The van der Waals surface area contributed by atoms with Crippen molar-refractivity contribution in [2.75, 3.05) is 0 Å². The van der Waals surface area contributed by atoms with Crippen molar-refractivity contribution in [1.29, 1.82) is 0 Å². The third-order valence-corrected chi connectivity index (χ3v) is 5.12. The minimum Gasteiger partial charge on any atom is -0.355 e. The minimum atomic E-state index is 0.0486. The topological polar surface area (TPSA) is 41.1 Å². The first-order valence-corrected chi connectivity index (χ1v) is 8.21. The van der Waals surface area contributed by atoms with Crippen molar-refractivity contribution in [2.24, 2.45) is 11.3 Å². The number of Topliss-reactive ketones (excluding diaryl/α,β-unsaturated/α-hetero) is 1. The SMILES string of the molecule is CC1(C)CC(=O)C2=C(C1)NC(=S)N[C@@H]2C1CCCCC1. The molecule has 0 amide bonds. The fourth-order valence-corrected chi connectivity index (χ4v) is 4.26. The van der Waals surface area contributed by atoms with Crippen LogP contribution >= 0.6 is 12.2 Å². The average molecular weight is 292 g/mol. The van der Waals surface area contributed by atoms with Crippen molar-refractivity contribution in [3.63, 3.8) is 0 Å². The van der Waals surface area contributed by atoms with Crippen LogP contribution in [0.1, 0.15) is 58.8 Å². The molecule has 110 valence electrons. The van der Waals surface area contributed by atoms with Crippen LogP contribution < -0.4 is 10.6 Å². The van der Waals surface area contributed by atoms with Gasteiger partial charge in [-0.15, -0.1) is 0 Å². The summed E-state index contributed by atoms with van der Waals surface area (Å²) in [6.45, 7) is 4.33. The zero-order valence-electron chi connectivity index (χ0n) is 12.4. The van der Waals surface area contributed by atoms with Crippen LogP contribution in [-0.2, 0) is 4.79 Å². The van der Waals surface area contributed by atoms with E-state index in [0.717, 1.165) is 17.7 Å². The predicted octanol–water partition coefficient (Wildman–Crippen LogP) is 3.06. The van der Waals surface area contributed by atoms with Crippen LogP contribution in [0.2, 0.25) is 0 Å². The van der Waals surface area contributed by atoms with Gasteiger partial charge in [0.2, 0.25) is 0 Å². The second kappa shape index (κ2) is 5.14. The Morgan fingerprint density at radius 1 is 1.15 bits per heavy atom. The highest BCUT2D eigenvalue weighted by molar-refractivity contribution is 7.80. The van der Waals surface area contributed by atoms with Crippen molar-refractivity contribution in [3.05, 3.63) is 11.3 Å². The van der Waals surface area contributed by atoms with E-state index in [1.807, 2.05) is 0 Å². The fourth-order valence-electron chi connectivity index (χ4n) is 4.01. The lowest BCUT2D eigenvalue weighted by atomic mass is 9.70. The first-order valence-electron chi connectivity index (χ1n) is 7.80. The summed E-state index contributed by atoms with van der Waals surface area (Å²) in [6, 6.07) is 0.155. The van der Waals surface area contributed by atoms with Crippen LogP contribution in [-0.4, -0.2) is 16.9 Å². The number of hydrogen-bond donors (Lipinski definition) is 2. The normalized spacial score (nSPS) is 30.6. The second-order valence-electron chi connectivity index (χ2n) is 7.31. The Kier molecular flexibility index (Phi) is 3.61. The Hall–Kier alpha value is -0.900. The number of hydrogen-bond acceptors (Lipinski definition) is 2. The molecule has 0 radical (unpaired) electrons. The maximum Gasteiger partial charge on any atom is 0.171 e. The van der Waals surface area contributed by atoms with Gasteiger partial charge in [-0.3, -0.25) is 4.79 Å². The summed E-state index contributed by atoms with van der Waals surface area (Å²) in [4.78, 5) is 12.6. The third-order valence-electron chi connectivity index (χ3n) is 4.90. The number of allylic oxidation sites excluding steroid dienone is 1. The molecule has 0 aromatic carbocycles. The number of rotatable bonds is 1. The monoisotopic (exact) mass is 292 g/mol. The van der Waals surface area contributed by atoms with E-state index < -0.39 is 0 Å². The molecule has 2 aliphatic carbocycles. The standard InChI is InChI=1S/C16H24N2OS/c1-16(2)8-11-13(12(19)9-16)14(18-15(20)17-11)10-6-4-3-5-7-10/h10,14H,3-9H2,1-2H3,(H2,17,18,20)/t14-/m1/s1. The Balaban J connectivity index is 1.93. The molecular formula is C16H24N2OS. The van der Waals surface area contributed by atoms with E-state index in [1.54, 1.807) is 0 Å². The number of thiocarbonyl (C=S) groups is 1. The lowest BCUT2D eigenvalue weighted by molar-refractivity contribution is -0.118. The van der Waals surface area contributed by atoms with Gasteiger partial charge in [-0.1, -0.05) is 33.1 Å². The maximum atomic E-state index is 12.6. The van der Waals surface area contributed by atoms with Gasteiger partial charge in [0.15, 0.2) is 10.9 Å². The van der Waals surface area contributed by atoms with Gasteiger partial charge in [0.25, 0.3) is 0 Å². The van der Waals surface area contributed by atoms with E-state index >= 15 is 0 Å². The molecule has 0 unspecified atom stereocenters. The first-order chi connectivity index (χ1) is 9.46. The van der Waals surface area contributed by atoms with Gasteiger partial charge in [-0.25, -0.2) is 0 Å². The molecule has 0 bridgehead atoms. The molecule has 1 saturated carbocycles. The highest BCUT2D eigenvalue weighted by atomic mass is 32.1. The number of nitrogens with one attached hydrogen (secondary N) is 2. The molecule has 1 heterocycles. The smallest absolute Gasteiger partial charge is 0.171 e. The van der Waals surface area contributed by atoms with Gasteiger partial charge in [-0.05, 0) is 42.8 Å². The molecule has 1 aliphatic heterocycles. The van der Waals surface area contributed by atoms with E-state index in [4.69, 9.17) is 12.2 Å². The van der Waals surface area contributed by atoms with Crippen LogP contribution in [0.4, 0.5) is 0 Å². The van der Waals surface area contributed by atoms with Gasteiger partial charge < -0.3 is 10.6 Å². The van der Waals surface area contributed by atoms with Crippen LogP contribution in [0, 0.1) is 11.3 Å². The molecular weight excluding hydrogens is 268 g/mol. The van der Waals surface area contributed by atoms with Crippen molar-refractivity contribution in [2.45, 2.75) is 64.8 Å². The Labute approximate surface area is 126 Å². The number of carbonyl (C=O) groups excluding carboxylic acids is 1. The van der Waals surface area contributed by atoms with Gasteiger partial charge in [0, 0.05) is 17.7 Å². The Morgan fingerprint density at radius 3 is 2.55 bits per heavy atom. The molecule has 3 aliphatic rings. The average Bonchev–Trinajstić information content (AvgIpc) is 2.36. The van der Waals surface area contributed by atoms with E-state index in [2.05, 4.69) is 24.5 Å². The molecule has 4 heteroatoms. The molecule has 0 spiro atoms. The van der Waals surface area contributed by atoms with Crippen molar-refractivity contribution in [1.82, 2.24) is 10.6 Å². The molecule has 20 heavy (non-hydrogen) atoms. The summed E-state index contributed by atoms with van der Waals surface area (Å²) < 4.78 is 0. The van der Waals surface area contributed by atoms with Crippen molar-refractivity contribution in [3.8, 4) is 0 Å². The van der Waals surface area contributed by atoms with Crippen LogP contribution in [0.25, 0.3) is 0 Å². The van der Waals surface area contributed by atoms with E-state index in [0.29, 0.717) is 23.2 Å². The molecule has 1 fully saturated rings. The predicted molar refractivity (Wildman–Crippen MR) is 84.3 cm³/mol. The highest BCUT2D eigenvalue weighted by Crippen LogP contribution is 2.40. The Morgan fingerprint density at radius 2 is 1.85 bits per heavy atom. The molecule has 0 aromatic heterocycles. The van der Waals surface area contributed by atoms with E-state index in [1.165, 1.54) is 32.1 Å². The third kappa shape index (κ3) is 2.62. The summed E-state index contributed by atoms with van der Waals surface area (Å²) in [5, 5.41) is 7.34. The van der Waals surface area contributed by atoms with Crippen LogP contribution in [0.5, 0.6) is 0 Å². The zero-order valence-corrected chi connectivity index (χ0v) is 13.2. The molecule has 0 saturated heterocycles. The molecule has 3 rings (SSSR count). The maximum absolute atomic E-state index is 12.6. The van der Waals surface area contributed by atoms with Crippen molar-refractivity contribution >= 4 is 23.1 Å². The molecule has 3 nitrogen and oxygen atoms in total. The van der Waals surface area contributed by atoms with Crippen molar-refractivity contribution < 1.29 is 4.79 Å². The Bertz CT molecular complexity index is 475. The van der Waals surface area contributed by atoms with Gasteiger partial charge in [0.05, 0.1) is 6.04 Å². The fraction of sp³-hybridized carbons (Fsp3) is 0.750. The molecule has 2 N–H and O–H groups in total. The summed E-state index contributed by atoms with van der Waals surface area (Å²) in [7, 11) is 0. The van der Waals surface area contributed by atoms with Gasteiger partial charge >= 0.3 is 0 Å². The minimum absolute atomic E-state index is 0.0486. The lowest BCUT2D eigenvalue weighted by Gasteiger charge is -2.42. The summed E-state index contributed by atoms with van der Waals surface area (Å²) in [5.41, 5.74) is 2.14. The summed E-state index contributed by atoms with van der Waals surface area (Å²) in [6.07, 6.45) is 7.92. The summed E-state index contributed by atoms with van der Waals surface area (Å²) in [5.74, 6) is 0.883. The summed E-state index contributed by atoms with van der Waals surface area (Å²) >= 11 is 5.37. The van der Waals surface area contributed by atoms with E-state index in [9.17, 15) is 4.79 Å². The van der Waals surface area contributed by atoms with Gasteiger partial charge in [0.1, 0.15) is 0 Å². The highest BCUT2D eigenvalue weighted by Gasteiger charge is 2.41. The molecule has 1 atom stereocenters. The first kappa shape index (κ1) is 14.1. The van der Waals surface area contributed by atoms with E-state index in [-0.39, 0.29) is 11.5 Å². The lowest BCUT2D eigenvalue weighted by Crippen LogP contribution is -2.55. The number of carbonyl (C=O) groups is 1. The largest absolute Gasteiger partial charge is 0.355 e. The van der Waals surface area contributed by atoms with Gasteiger partial charge in [-0.2, -0.15) is 0 Å². The van der Waals surface area contributed by atoms with Crippen LogP contribution in [0.3, 0.4) is 0 Å². The van der Waals surface area contributed by atoms with Crippen LogP contribution in [0.15, 0.2) is 11.3 Å².